The standard InChI is InChI=1S/C20H30N2O4/c1-20(2,3)26-19(24)22-13-9-8-11-16(22)18(23)21(4)14-15-10-6-7-12-17(15)25-5/h6-7,10,12,16H,8-9,11,13-14H2,1-5H3. The summed E-state index contributed by atoms with van der Waals surface area (Å²) in [7, 11) is 3.38. The first-order chi connectivity index (χ1) is 12.2. The number of hydrogen-bond acceptors (Lipinski definition) is 4. The quantitative estimate of drug-likeness (QED) is 0.823. The molecule has 0 spiro atoms. The minimum Gasteiger partial charge on any atom is -0.496 e. The maximum absolute atomic E-state index is 13.0. The van der Waals surface area contributed by atoms with E-state index in [2.05, 4.69) is 0 Å². The zero-order valence-electron chi connectivity index (χ0n) is 16.4. The fraction of sp³-hybridized carbons (Fsp3) is 0.600. The molecule has 1 aliphatic rings. The zero-order chi connectivity index (χ0) is 19.3. The molecule has 1 aromatic rings. The van der Waals surface area contributed by atoms with Crippen molar-refractivity contribution in [2.24, 2.45) is 0 Å². The van der Waals surface area contributed by atoms with Crippen LogP contribution >= 0.6 is 0 Å². The molecule has 6 heteroatoms. The van der Waals surface area contributed by atoms with Crippen molar-refractivity contribution in [3.05, 3.63) is 29.8 Å². The zero-order valence-corrected chi connectivity index (χ0v) is 16.4. The molecule has 0 aliphatic carbocycles. The Morgan fingerprint density at radius 2 is 1.92 bits per heavy atom. The maximum Gasteiger partial charge on any atom is 0.410 e. The van der Waals surface area contributed by atoms with E-state index in [9.17, 15) is 9.59 Å². The van der Waals surface area contributed by atoms with Crippen LogP contribution in [0.25, 0.3) is 0 Å². The van der Waals surface area contributed by atoms with Crippen LogP contribution in [0.3, 0.4) is 0 Å². The first-order valence-corrected chi connectivity index (χ1v) is 9.09. The molecule has 0 N–H and O–H groups in total. The number of carbonyl (C=O) groups is 2. The predicted octanol–water partition coefficient (Wildman–Crippen LogP) is 3.44. The number of likely N-dealkylation sites (N-methyl/N-ethyl adjacent to an activating group) is 1. The lowest BCUT2D eigenvalue weighted by atomic mass is 10.0. The van der Waals surface area contributed by atoms with Gasteiger partial charge in [-0.25, -0.2) is 4.79 Å². The van der Waals surface area contributed by atoms with E-state index in [4.69, 9.17) is 9.47 Å². The van der Waals surface area contributed by atoms with Crippen LogP contribution in [0.15, 0.2) is 24.3 Å². The van der Waals surface area contributed by atoms with E-state index in [0.29, 0.717) is 19.5 Å². The third-order valence-electron chi connectivity index (χ3n) is 4.39. The topological polar surface area (TPSA) is 59.1 Å². The highest BCUT2D eigenvalue weighted by Gasteiger charge is 2.36. The maximum atomic E-state index is 13.0. The molecule has 144 valence electrons. The molecular weight excluding hydrogens is 332 g/mol. The van der Waals surface area contributed by atoms with Crippen molar-refractivity contribution in [2.45, 2.75) is 58.2 Å². The summed E-state index contributed by atoms with van der Waals surface area (Å²) in [5, 5.41) is 0. The molecule has 1 aromatic carbocycles. The number of piperidine rings is 1. The van der Waals surface area contributed by atoms with Crippen LogP contribution in [0.5, 0.6) is 5.75 Å². The summed E-state index contributed by atoms with van der Waals surface area (Å²) in [6.45, 7) is 6.48. The minimum absolute atomic E-state index is 0.0681. The van der Waals surface area contributed by atoms with E-state index in [1.165, 1.54) is 0 Å². The highest BCUT2D eigenvalue weighted by Crippen LogP contribution is 2.24. The van der Waals surface area contributed by atoms with Crippen molar-refractivity contribution in [3.8, 4) is 5.75 Å². The summed E-state index contributed by atoms with van der Waals surface area (Å²) in [5.74, 6) is 0.682. The summed E-state index contributed by atoms with van der Waals surface area (Å²) in [5.41, 5.74) is 0.358. The number of amides is 2. The molecule has 1 saturated heterocycles. The molecule has 0 radical (unpaired) electrons. The van der Waals surface area contributed by atoms with Gasteiger partial charge in [0.1, 0.15) is 17.4 Å². The predicted molar refractivity (Wildman–Crippen MR) is 100 cm³/mol. The Labute approximate surface area is 156 Å². The van der Waals surface area contributed by atoms with Crippen molar-refractivity contribution in [1.29, 1.82) is 0 Å². The van der Waals surface area contributed by atoms with Crippen molar-refractivity contribution in [1.82, 2.24) is 9.80 Å². The molecule has 1 heterocycles. The van der Waals surface area contributed by atoms with Crippen molar-refractivity contribution < 1.29 is 19.1 Å². The fourth-order valence-corrected chi connectivity index (χ4v) is 3.15. The molecule has 0 bridgehead atoms. The Bertz CT molecular complexity index is 639. The Kier molecular flexibility index (Phi) is 6.51. The largest absolute Gasteiger partial charge is 0.496 e. The number of carbonyl (C=O) groups excluding carboxylic acids is 2. The monoisotopic (exact) mass is 362 g/mol. The van der Waals surface area contributed by atoms with Crippen LogP contribution in [0, 0.1) is 0 Å². The number of rotatable bonds is 4. The van der Waals surface area contributed by atoms with Crippen LogP contribution in [0.1, 0.15) is 45.6 Å². The van der Waals surface area contributed by atoms with Crippen LogP contribution in [-0.4, -0.2) is 54.1 Å². The summed E-state index contributed by atoms with van der Waals surface area (Å²) in [6.07, 6.45) is 2.06. The van der Waals surface area contributed by atoms with Crippen LogP contribution < -0.4 is 4.74 Å². The van der Waals surface area contributed by atoms with Crippen molar-refractivity contribution >= 4 is 12.0 Å². The van der Waals surface area contributed by atoms with Gasteiger partial charge in [0.25, 0.3) is 0 Å². The third-order valence-corrected chi connectivity index (χ3v) is 4.39. The lowest BCUT2D eigenvalue weighted by Crippen LogP contribution is -2.53. The summed E-state index contributed by atoms with van der Waals surface area (Å²) < 4.78 is 10.9. The summed E-state index contributed by atoms with van der Waals surface area (Å²) in [4.78, 5) is 28.8. The highest BCUT2D eigenvalue weighted by atomic mass is 16.6. The molecule has 6 nitrogen and oxygen atoms in total. The van der Waals surface area contributed by atoms with Gasteiger partial charge in [0, 0.05) is 25.7 Å². The Hall–Kier alpha value is -2.24. The Balaban J connectivity index is 2.10. The lowest BCUT2D eigenvalue weighted by Gasteiger charge is -2.37. The molecule has 0 aromatic heterocycles. The molecule has 1 unspecified atom stereocenters. The van der Waals surface area contributed by atoms with E-state index in [1.54, 1.807) is 24.0 Å². The smallest absolute Gasteiger partial charge is 0.410 e. The highest BCUT2D eigenvalue weighted by molar-refractivity contribution is 5.86. The second-order valence-electron chi connectivity index (χ2n) is 7.69. The summed E-state index contributed by atoms with van der Waals surface area (Å²) >= 11 is 0. The van der Waals surface area contributed by atoms with Crippen LogP contribution in [0.2, 0.25) is 0 Å². The summed E-state index contributed by atoms with van der Waals surface area (Å²) in [6, 6.07) is 7.16. The van der Waals surface area contributed by atoms with Gasteiger partial charge in [-0.15, -0.1) is 0 Å². The van der Waals surface area contributed by atoms with Gasteiger partial charge in [-0.2, -0.15) is 0 Å². The molecule has 0 saturated carbocycles. The van der Waals surface area contributed by atoms with Gasteiger partial charge in [-0.05, 0) is 46.1 Å². The normalized spacial score (nSPS) is 17.6. The average Bonchev–Trinajstić information content (AvgIpc) is 2.60. The van der Waals surface area contributed by atoms with Gasteiger partial charge in [-0.1, -0.05) is 18.2 Å². The van der Waals surface area contributed by atoms with Gasteiger partial charge in [0.2, 0.25) is 5.91 Å². The van der Waals surface area contributed by atoms with Crippen LogP contribution in [-0.2, 0) is 16.1 Å². The van der Waals surface area contributed by atoms with Crippen molar-refractivity contribution in [2.75, 3.05) is 20.7 Å². The first-order valence-electron chi connectivity index (χ1n) is 9.09. The number of ether oxygens (including phenoxy) is 2. The molecule has 1 aliphatic heterocycles. The molecule has 1 atom stereocenters. The van der Waals surface area contributed by atoms with Gasteiger partial charge >= 0.3 is 6.09 Å². The van der Waals surface area contributed by atoms with Gasteiger partial charge < -0.3 is 14.4 Å². The van der Waals surface area contributed by atoms with Gasteiger partial charge in [0.05, 0.1) is 7.11 Å². The number of para-hydroxylation sites is 1. The molecule has 2 rings (SSSR count). The Morgan fingerprint density at radius 3 is 2.58 bits per heavy atom. The fourth-order valence-electron chi connectivity index (χ4n) is 3.15. The van der Waals surface area contributed by atoms with E-state index in [0.717, 1.165) is 24.2 Å². The second kappa shape index (κ2) is 8.43. The molecule has 1 fully saturated rings. The number of benzene rings is 1. The van der Waals surface area contributed by atoms with Crippen molar-refractivity contribution in [3.63, 3.8) is 0 Å². The number of hydrogen-bond donors (Lipinski definition) is 0. The lowest BCUT2D eigenvalue weighted by molar-refractivity contribution is -0.137. The Morgan fingerprint density at radius 1 is 1.23 bits per heavy atom. The van der Waals surface area contributed by atoms with E-state index < -0.39 is 17.7 Å². The number of nitrogens with zero attached hydrogens (tertiary/aromatic N) is 2. The SMILES string of the molecule is COc1ccccc1CN(C)C(=O)C1CCCCN1C(=O)OC(C)(C)C. The van der Waals surface area contributed by atoms with Crippen LogP contribution in [0.4, 0.5) is 4.79 Å². The third kappa shape index (κ3) is 5.13. The number of likely N-dealkylation sites (tertiary alicyclic amines) is 1. The molecular formula is C20H30N2O4. The van der Waals surface area contributed by atoms with E-state index in [-0.39, 0.29) is 5.91 Å². The number of methoxy groups -OCH3 is 1. The second-order valence-corrected chi connectivity index (χ2v) is 7.69. The molecule has 2 amide bonds. The first kappa shape index (κ1) is 20.1. The molecule has 26 heavy (non-hydrogen) atoms. The minimum atomic E-state index is -0.578. The average molecular weight is 362 g/mol. The van der Waals surface area contributed by atoms with E-state index >= 15 is 0 Å². The van der Waals surface area contributed by atoms with Gasteiger partial charge in [-0.3, -0.25) is 9.69 Å². The van der Waals surface area contributed by atoms with E-state index in [1.807, 2.05) is 45.0 Å². The van der Waals surface area contributed by atoms with Gasteiger partial charge in [0.15, 0.2) is 0 Å².